The number of cyclic esters (lactones) is 1. The van der Waals surface area contributed by atoms with Crippen LogP contribution in [0, 0.1) is 5.92 Å². The molecule has 2 aliphatic rings. The molecule has 14 heavy (non-hydrogen) atoms. The van der Waals surface area contributed by atoms with E-state index < -0.39 is 0 Å². The number of fused-ring (bicyclic) bond motifs is 1. The van der Waals surface area contributed by atoms with Gasteiger partial charge in [-0.2, -0.15) is 0 Å². The van der Waals surface area contributed by atoms with E-state index in [2.05, 4.69) is 0 Å². The maximum atomic E-state index is 11.5. The number of carbonyl (C=O) groups excluding carboxylic acids is 1. The molecule has 1 aromatic rings. The van der Waals surface area contributed by atoms with E-state index in [4.69, 9.17) is 4.74 Å². The normalized spacial score (nSPS) is 25.4. The van der Waals surface area contributed by atoms with Crippen molar-refractivity contribution in [2.45, 2.75) is 25.4 Å². The molecule has 1 atom stereocenters. The van der Waals surface area contributed by atoms with Crippen LogP contribution in [-0.4, -0.2) is 5.97 Å². The number of hydrogen-bond donors (Lipinski definition) is 0. The number of ether oxygens (including phenoxy) is 1. The molecule has 1 aliphatic carbocycles. The summed E-state index contributed by atoms with van der Waals surface area (Å²) in [6, 6.07) is 7.75. The second-order valence-corrected chi connectivity index (χ2v) is 4.10. The van der Waals surface area contributed by atoms with Gasteiger partial charge in [0.05, 0.1) is 5.56 Å². The summed E-state index contributed by atoms with van der Waals surface area (Å²) < 4.78 is 5.40. The van der Waals surface area contributed by atoms with Gasteiger partial charge >= 0.3 is 5.97 Å². The molecule has 1 unspecified atom stereocenters. The Kier molecular flexibility index (Phi) is 1.63. The first kappa shape index (κ1) is 8.04. The summed E-state index contributed by atoms with van der Waals surface area (Å²) in [5.74, 6) is 0.431. The highest BCUT2D eigenvalue weighted by molar-refractivity contribution is 5.94. The molecule has 2 heteroatoms. The molecule has 1 fully saturated rings. The fourth-order valence-electron chi connectivity index (χ4n) is 2.27. The molecule has 0 bridgehead atoms. The molecule has 3 rings (SSSR count). The number of rotatable bonds is 1. The zero-order valence-electron chi connectivity index (χ0n) is 7.90. The fourth-order valence-corrected chi connectivity index (χ4v) is 2.27. The predicted octanol–water partition coefficient (Wildman–Crippen LogP) is 2.70. The molecule has 0 saturated heterocycles. The first-order chi connectivity index (χ1) is 6.86. The molecule has 0 radical (unpaired) electrons. The molecule has 0 N–H and O–H groups in total. The first-order valence-electron chi connectivity index (χ1n) is 5.16. The van der Waals surface area contributed by atoms with Crippen LogP contribution in [0.4, 0.5) is 0 Å². The van der Waals surface area contributed by atoms with E-state index in [9.17, 15) is 4.79 Å². The molecule has 0 spiro atoms. The van der Waals surface area contributed by atoms with Crippen LogP contribution in [0.5, 0.6) is 0 Å². The van der Waals surface area contributed by atoms with Gasteiger partial charge < -0.3 is 4.74 Å². The van der Waals surface area contributed by atoms with Crippen LogP contribution in [0.15, 0.2) is 24.3 Å². The zero-order valence-corrected chi connectivity index (χ0v) is 7.90. The van der Waals surface area contributed by atoms with Gasteiger partial charge in [-0.05, 0) is 18.9 Å². The highest BCUT2D eigenvalue weighted by atomic mass is 16.5. The van der Waals surface area contributed by atoms with Crippen LogP contribution in [0.2, 0.25) is 0 Å². The van der Waals surface area contributed by atoms with Crippen molar-refractivity contribution < 1.29 is 9.53 Å². The van der Waals surface area contributed by atoms with Crippen LogP contribution in [0.1, 0.15) is 41.3 Å². The maximum Gasteiger partial charge on any atom is 0.339 e. The van der Waals surface area contributed by atoms with Gasteiger partial charge in [0, 0.05) is 11.5 Å². The molecule has 0 amide bonds. The SMILES string of the molecule is O=C1OC(C2CCC2)c2ccccc21. The van der Waals surface area contributed by atoms with E-state index in [0.29, 0.717) is 5.92 Å². The molecular weight excluding hydrogens is 176 g/mol. The van der Waals surface area contributed by atoms with Crippen LogP contribution in [-0.2, 0) is 4.74 Å². The average Bonchev–Trinajstić information content (AvgIpc) is 2.43. The van der Waals surface area contributed by atoms with Crippen LogP contribution in [0.3, 0.4) is 0 Å². The molecule has 2 nitrogen and oxygen atoms in total. The summed E-state index contributed by atoms with van der Waals surface area (Å²) in [5, 5.41) is 0. The van der Waals surface area contributed by atoms with Crippen LogP contribution < -0.4 is 0 Å². The van der Waals surface area contributed by atoms with E-state index in [-0.39, 0.29) is 12.1 Å². The van der Waals surface area contributed by atoms with Crippen molar-refractivity contribution in [2.24, 2.45) is 5.92 Å². The molecule has 1 aromatic carbocycles. The fraction of sp³-hybridized carbons (Fsp3) is 0.417. The van der Waals surface area contributed by atoms with Crippen molar-refractivity contribution in [3.63, 3.8) is 0 Å². The van der Waals surface area contributed by atoms with Gasteiger partial charge in [-0.15, -0.1) is 0 Å². The second-order valence-electron chi connectivity index (χ2n) is 4.10. The van der Waals surface area contributed by atoms with Gasteiger partial charge in [0.1, 0.15) is 6.10 Å². The highest BCUT2D eigenvalue weighted by Crippen LogP contribution is 2.44. The third-order valence-electron chi connectivity index (χ3n) is 3.30. The second kappa shape index (κ2) is 2.84. The Bertz CT molecular complexity index is 380. The standard InChI is InChI=1S/C12H12O2/c13-12-10-7-2-1-6-9(10)11(14-12)8-4-3-5-8/h1-2,6-8,11H,3-5H2. The molecular formula is C12H12O2. The molecule has 72 valence electrons. The third-order valence-corrected chi connectivity index (χ3v) is 3.30. The van der Waals surface area contributed by atoms with Gasteiger partial charge in [0.15, 0.2) is 0 Å². The lowest BCUT2D eigenvalue weighted by molar-refractivity contribution is 0.00960. The molecule has 1 aliphatic heterocycles. The Balaban J connectivity index is 2.00. The number of esters is 1. The van der Waals surface area contributed by atoms with Crippen LogP contribution in [0.25, 0.3) is 0 Å². The van der Waals surface area contributed by atoms with Crippen LogP contribution >= 0.6 is 0 Å². The monoisotopic (exact) mass is 188 g/mol. The lowest BCUT2D eigenvalue weighted by Gasteiger charge is -2.30. The summed E-state index contributed by atoms with van der Waals surface area (Å²) in [6.45, 7) is 0. The summed E-state index contributed by atoms with van der Waals surface area (Å²) >= 11 is 0. The number of hydrogen-bond acceptors (Lipinski definition) is 2. The Hall–Kier alpha value is -1.31. The molecule has 1 heterocycles. The largest absolute Gasteiger partial charge is 0.454 e. The van der Waals surface area contributed by atoms with Crippen molar-refractivity contribution in [2.75, 3.05) is 0 Å². The maximum absolute atomic E-state index is 11.5. The Morgan fingerprint density at radius 1 is 1.21 bits per heavy atom. The lowest BCUT2D eigenvalue weighted by Crippen LogP contribution is -2.20. The summed E-state index contributed by atoms with van der Waals surface area (Å²) in [6.07, 6.45) is 3.73. The Morgan fingerprint density at radius 3 is 2.71 bits per heavy atom. The minimum absolute atomic E-state index is 0.0486. The van der Waals surface area contributed by atoms with Crippen molar-refractivity contribution in [3.8, 4) is 0 Å². The van der Waals surface area contributed by atoms with E-state index in [1.807, 2.05) is 24.3 Å². The first-order valence-corrected chi connectivity index (χ1v) is 5.16. The van der Waals surface area contributed by atoms with Gasteiger partial charge in [0.2, 0.25) is 0 Å². The van der Waals surface area contributed by atoms with Crippen molar-refractivity contribution in [1.29, 1.82) is 0 Å². The van der Waals surface area contributed by atoms with E-state index in [1.165, 1.54) is 19.3 Å². The van der Waals surface area contributed by atoms with E-state index >= 15 is 0 Å². The summed E-state index contributed by atoms with van der Waals surface area (Å²) in [5.41, 5.74) is 1.87. The zero-order chi connectivity index (χ0) is 9.54. The van der Waals surface area contributed by atoms with Crippen molar-refractivity contribution in [3.05, 3.63) is 35.4 Å². The Morgan fingerprint density at radius 2 is 2.00 bits per heavy atom. The Labute approximate surface area is 82.9 Å². The summed E-state index contributed by atoms with van der Waals surface area (Å²) in [4.78, 5) is 11.5. The predicted molar refractivity (Wildman–Crippen MR) is 51.9 cm³/mol. The minimum Gasteiger partial charge on any atom is -0.454 e. The quantitative estimate of drug-likeness (QED) is 0.633. The topological polar surface area (TPSA) is 26.3 Å². The minimum atomic E-state index is -0.141. The molecule has 0 aromatic heterocycles. The number of carbonyl (C=O) groups is 1. The number of benzene rings is 1. The summed E-state index contributed by atoms with van der Waals surface area (Å²) in [7, 11) is 0. The highest BCUT2D eigenvalue weighted by Gasteiger charge is 2.38. The van der Waals surface area contributed by atoms with Crippen molar-refractivity contribution >= 4 is 5.97 Å². The van der Waals surface area contributed by atoms with E-state index in [1.54, 1.807) is 0 Å². The average molecular weight is 188 g/mol. The van der Waals surface area contributed by atoms with Gasteiger partial charge in [-0.3, -0.25) is 0 Å². The lowest BCUT2D eigenvalue weighted by atomic mass is 9.78. The molecule has 1 saturated carbocycles. The van der Waals surface area contributed by atoms with Gasteiger partial charge in [0.25, 0.3) is 0 Å². The van der Waals surface area contributed by atoms with Crippen molar-refractivity contribution in [1.82, 2.24) is 0 Å². The third kappa shape index (κ3) is 0.999. The van der Waals surface area contributed by atoms with Gasteiger partial charge in [-0.25, -0.2) is 4.79 Å². The smallest absolute Gasteiger partial charge is 0.339 e. The van der Waals surface area contributed by atoms with E-state index in [0.717, 1.165) is 11.1 Å². The van der Waals surface area contributed by atoms with Gasteiger partial charge in [-0.1, -0.05) is 24.6 Å².